The fraction of sp³-hybridized carbons (Fsp3) is 0.0714. The van der Waals surface area contributed by atoms with E-state index in [-0.39, 0.29) is 0 Å². The number of hydrogen-bond acceptors (Lipinski definition) is 2. The van der Waals surface area contributed by atoms with Crippen LogP contribution in [0.4, 0.5) is 5.69 Å². The minimum atomic E-state index is 0.684. The molecule has 0 aliphatic carbocycles. The van der Waals surface area contributed by atoms with Gasteiger partial charge in [-0.2, -0.15) is 0 Å². The standard InChI is InChI=1S/C14H13NO/c1-15-14-8-7-12(9-13(14)10-16)11-5-3-2-4-6-11/h2-10,15H,1H3. The van der Waals surface area contributed by atoms with Crippen molar-refractivity contribution in [2.24, 2.45) is 0 Å². The zero-order valence-electron chi connectivity index (χ0n) is 9.10. The lowest BCUT2D eigenvalue weighted by molar-refractivity contribution is 0.112. The summed E-state index contributed by atoms with van der Waals surface area (Å²) in [5.41, 5.74) is 3.72. The number of nitrogens with one attached hydrogen (secondary N) is 1. The summed E-state index contributed by atoms with van der Waals surface area (Å²) in [4.78, 5) is 10.9. The normalized spacial score (nSPS) is 9.81. The summed E-state index contributed by atoms with van der Waals surface area (Å²) in [5, 5.41) is 2.99. The molecule has 80 valence electrons. The van der Waals surface area contributed by atoms with Crippen LogP contribution in [-0.4, -0.2) is 13.3 Å². The maximum atomic E-state index is 10.9. The van der Waals surface area contributed by atoms with Crippen LogP contribution in [0.1, 0.15) is 10.4 Å². The first kappa shape index (κ1) is 10.4. The Kier molecular flexibility index (Phi) is 3.01. The molecule has 0 atom stereocenters. The van der Waals surface area contributed by atoms with Crippen LogP contribution < -0.4 is 5.32 Å². The fourth-order valence-corrected chi connectivity index (χ4v) is 1.70. The third-order valence-corrected chi connectivity index (χ3v) is 2.55. The molecule has 16 heavy (non-hydrogen) atoms. The molecule has 0 aromatic heterocycles. The molecule has 0 radical (unpaired) electrons. The Morgan fingerprint density at radius 2 is 1.75 bits per heavy atom. The van der Waals surface area contributed by atoms with Crippen molar-refractivity contribution in [1.29, 1.82) is 0 Å². The van der Waals surface area contributed by atoms with Gasteiger partial charge in [0.05, 0.1) is 0 Å². The van der Waals surface area contributed by atoms with Crippen LogP contribution in [0.15, 0.2) is 48.5 Å². The summed E-state index contributed by atoms with van der Waals surface area (Å²) in [6.07, 6.45) is 0.873. The van der Waals surface area contributed by atoms with Gasteiger partial charge in [-0.3, -0.25) is 4.79 Å². The van der Waals surface area contributed by atoms with Gasteiger partial charge in [0.25, 0.3) is 0 Å². The Balaban J connectivity index is 2.48. The van der Waals surface area contributed by atoms with E-state index in [0.29, 0.717) is 5.56 Å². The van der Waals surface area contributed by atoms with Crippen molar-refractivity contribution in [2.45, 2.75) is 0 Å². The molecule has 0 unspecified atom stereocenters. The molecule has 0 aliphatic heterocycles. The summed E-state index contributed by atoms with van der Waals surface area (Å²) in [5.74, 6) is 0. The molecule has 0 amide bonds. The van der Waals surface area contributed by atoms with Crippen LogP contribution in [0.2, 0.25) is 0 Å². The Hall–Kier alpha value is -2.09. The van der Waals surface area contributed by atoms with Gasteiger partial charge >= 0.3 is 0 Å². The van der Waals surface area contributed by atoms with Gasteiger partial charge in [-0.05, 0) is 23.3 Å². The second-order valence-electron chi connectivity index (χ2n) is 3.54. The molecule has 2 nitrogen and oxygen atoms in total. The summed E-state index contributed by atoms with van der Waals surface area (Å²) < 4.78 is 0. The molecule has 2 aromatic carbocycles. The molecular formula is C14H13NO. The van der Waals surface area contributed by atoms with Crippen LogP contribution >= 0.6 is 0 Å². The topological polar surface area (TPSA) is 29.1 Å². The summed E-state index contributed by atoms with van der Waals surface area (Å²) in [6, 6.07) is 15.8. The molecule has 2 rings (SSSR count). The number of benzene rings is 2. The quantitative estimate of drug-likeness (QED) is 0.790. The number of rotatable bonds is 3. The van der Waals surface area contributed by atoms with E-state index >= 15 is 0 Å². The highest BCUT2D eigenvalue weighted by atomic mass is 16.1. The first-order valence-electron chi connectivity index (χ1n) is 5.17. The van der Waals surface area contributed by atoms with Gasteiger partial charge in [0.2, 0.25) is 0 Å². The third-order valence-electron chi connectivity index (χ3n) is 2.55. The van der Waals surface area contributed by atoms with Crippen molar-refractivity contribution in [2.75, 3.05) is 12.4 Å². The van der Waals surface area contributed by atoms with Gasteiger partial charge in [-0.15, -0.1) is 0 Å². The lowest BCUT2D eigenvalue weighted by Gasteiger charge is -2.07. The molecule has 0 aliphatic rings. The van der Waals surface area contributed by atoms with Crippen LogP contribution in [0.5, 0.6) is 0 Å². The van der Waals surface area contributed by atoms with E-state index in [0.717, 1.165) is 23.1 Å². The SMILES string of the molecule is CNc1ccc(-c2ccccc2)cc1C=O. The van der Waals surface area contributed by atoms with Crippen molar-refractivity contribution in [3.8, 4) is 11.1 Å². The van der Waals surface area contributed by atoms with Gasteiger partial charge < -0.3 is 5.32 Å². The lowest BCUT2D eigenvalue weighted by Crippen LogP contribution is -1.94. The van der Waals surface area contributed by atoms with Crippen LogP contribution in [0.3, 0.4) is 0 Å². The molecular weight excluding hydrogens is 198 g/mol. The van der Waals surface area contributed by atoms with E-state index in [1.807, 2.05) is 55.6 Å². The van der Waals surface area contributed by atoms with Gasteiger partial charge in [0.15, 0.2) is 6.29 Å². The average molecular weight is 211 g/mol. The van der Waals surface area contributed by atoms with Gasteiger partial charge in [-0.25, -0.2) is 0 Å². The van der Waals surface area contributed by atoms with E-state index in [1.54, 1.807) is 0 Å². The van der Waals surface area contributed by atoms with E-state index in [4.69, 9.17) is 0 Å². The number of carbonyl (C=O) groups is 1. The van der Waals surface area contributed by atoms with Gasteiger partial charge in [0, 0.05) is 18.3 Å². The predicted molar refractivity (Wildman–Crippen MR) is 66.8 cm³/mol. The maximum Gasteiger partial charge on any atom is 0.152 e. The zero-order valence-corrected chi connectivity index (χ0v) is 9.10. The second kappa shape index (κ2) is 4.62. The summed E-state index contributed by atoms with van der Waals surface area (Å²) >= 11 is 0. The molecule has 2 heteroatoms. The van der Waals surface area contributed by atoms with E-state index in [9.17, 15) is 4.79 Å². The Morgan fingerprint density at radius 1 is 1.00 bits per heavy atom. The smallest absolute Gasteiger partial charge is 0.152 e. The number of hydrogen-bond donors (Lipinski definition) is 1. The van der Waals surface area contributed by atoms with E-state index in [2.05, 4.69) is 5.32 Å². The van der Waals surface area contributed by atoms with Crippen LogP contribution in [-0.2, 0) is 0 Å². The second-order valence-corrected chi connectivity index (χ2v) is 3.54. The van der Waals surface area contributed by atoms with Crippen molar-refractivity contribution in [3.63, 3.8) is 0 Å². The highest BCUT2D eigenvalue weighted by Crippen LogP contribution is 2.23. The Morgan fingerprint density at radius 3 is 2.38 bits per heavy atom. The molecule has 0 bridgehead atoms. The van der Waals surface area contributed by atoms with Gasteiger partial charge in [0.1, 0.15) is 0 Å². The molecule has 0 saturated heterocycles. The largest absolute Gasteiger partial charge is 0.388 e. The molecule has 0 spiro atoms. The summed E-state index contributed by atoms with van der Waals surface area (Å²) in [7, 11) is 1.81. The highest BCUT2D eigenvalue weighted by Gasteiger charge is 2.02. The van der Waals surface area contributed by atoms with Crippen LogP contribution in [0, 0.1) is 0 Å². The van der Waals surface area contributed by atoms with E-state index < -0.39 is 0 Å². The first-order valence-corrected chi connectivity index (χ1v) is 5.17. The average Bonchev–Trinajstić information content (AvgIpc) is 2.39. The maximum absolute atomic E-state index is 10.9. The molecule has 2 aromatic rings. The van der Waals surface area contributed by atoms with Crippen LogP contribution in [0.25, 0.3) is 11.1 Å². The third kappa shape index (κ3) is 1.96. The lowest BCUT2D eigenvalue weighted by atomic mass is 10.0. The Labute approximate surface area is 94.9 Å². The summed E-state index contributed by atoms with van der Waals surface area (Å²) in [6.45, 7) is 0. The monoisotopic (exact) mass is 211 g/mol. The molecule has 0 saturated carbocycles. The minimum Gasteiger partial charge on any atom is -0.388 e. The number of aldehydes is 1. The van der Waals surface area contributed by atoms with E-state index in [1.165, 1.54) is 0 Å². The van der Waals surface area contributed by atoms with Gasteiger partial charge in [-0.1, -0.05) is 36.4 Å². The first-order chi connectivity index (χ1) is 7.85. The molecule has 0 fully saturated rings. The van der Waals surface area contributed by atoms with Crippen molar-refractivity contribution < 1.29 is 4.79 Å². The minimum absolute atomic E-state index is 0.684. The number of carbonyl (C=O) groups excluding carboxylic acids is 1. The fourth-order valence-electron chi connectivity index (χ4n) is 1.70. The number of anilines is 1. The molecule has 1 N–H and O–H groups in total. The Bertz CT molecular complexity index is 491. The molecule has 0 heterocycles. The zero-order chi connectivity index (χ0) is 11.4. The van der Waals surface area contributed by atoms with Crippen molar-refractivity contribution >= 4 is 12.0 Å². The highest BCUT2D eigenvalue weighted by molar-refractivity contribution is 5.87. The predicted octanol–water partition coefficient (Wildman–Crippen LogP) is 3.21. The van der Waals surface area contributed by atoms with Crippen molar-refractivity contribution in [3.05, 3.63) is 54.1 Å². The van der Waals surface area contributed by atoms with Crippen molar-refractivity contribution in [1.82, 2.24) is 0 Å².